The van der Waals surface area contributed by atoms with Crippen LogP contribution in [0.3, 0.4) is 0 Å². The first-order chi connectivity index (χ1) is 12.8. The number of halogens is 1. The van der Waals surface area contributed by atoms with E-state index < -0.39 is 0 Å². The van der Waals surface area contributed by atoms with E-state index in [4.69, 9.17) is 9.47 Å². The molecule has 6 nitrogen and oxygen atoms in total. The second kappa shape index (κ2) is 11.7. The Balaban J connectivity index is 0.00000392. The van der Waals surface area contributed by atoms with E-state index in [2.05, 4.69) is 53.4 Å². The number of ether oxygens (including phenoxy) is 2. The van der Waals surface area contributed by atoms with Gasteiger partial charge in [-0.2, -0.15) is 0 Å². The predicted molar refractivity (Wildman–Crippen MR) is 128 cm³/mol. The van der Waals surface area contributed by atoms with Crippen molar-refractivity contribution >= 4 is 41.3 Å². The van der Waals surface area contributed by atoms with Crippen molar-refractivity contribution in [3.63, 3.8) is 0 Å². The molecule has 0 radical (unpaired) electrons. The Labute approximate surface area is 191 Å². The molecule has 2 rings (SSSR count). The number of aromatic nitrogens is 1. The van der Waals surface area contributed by atoms with Gasteiger partial charge >= 0.3 is 0 Å². The third kappa shape index (κ3) is 6.27. The van der Waals surface area contributed by atoms with Gasteiger partial charge in [0.2, 0.25) is 0 Å². The van der Waals surface area contributed by atoms with Crippen LogP contribution < -0.4 is 5.32 Å². The number of unbranched alkanes of at least 4 members (excludes halogenated alkanes) is 1. The van der Waals surface area contributed by atoms with Gasteiger partial charge in [-0.1, -0.05) is 27.2 Å². The van der Waals surface area contributed by atoms with Crippen LogP contribution in [0.1, 0.15) is 63.8 Å². The molecule has 0 bridgehead atoms. The van der Waals surface area contributed by atoms with Crippen LogP contribution in [-0.4, -0.2) is 55.8 Å². The van der Waals surface area contributed by atoms with Gasteiger partial charge in [-0.3, -0.25) is 4.99 Å². The van der Waals surface area contributed by atoms with Crippen molar-refractivity contribution in [2.45, 2.75) is 71.8 Å². The minimum absolute atomic E-state index is 0. The molecular formula is C20H37IN4O2S. The summed E-state index contributed by atoms with van der Waals surface area (Å²) in [6.45, 7) is 10.3. The van der Waals surface area contributed by atoms with Crippen LogP contribution in [0.2, 0.25) is 0 Å². The molecule has 0 aromatic carbocycles. The molecule has 0 amide bonds. The van der Waals surface area contributed by atoms with E-state index in [0.29, 0.717) is 12.1 Å². The zero-order valence-electron chi connectivity index (χ0n) is 18.3. The van der Waals surface area contributed by atoms with Gasteiger partial charge in [0.25, 0.3) is 0 Å². The number of rotatable bonds is 9. The minimum atomic E-state index is 0. The average molecular weight is 525 g/mol. The van der Waals surface area contributed by atoms with Gasteiger partial charge in [-0.15, -0.1) is 35.3 Å². The molecular weight excluding hydrogens is 487 g/mol. The number of nitrogens with zero attached hydrogens (tertiary/aromatic N) is 3. The van der Waals surface area contributed by atoms with E-state index in [1.165, 1.54) is 6.42 Å². The molecule has 1 aromatic rings. The number of nitrogens with one attached hydrogen (secondary N) is 1. The van der Waals surface area contributed by atoms with Crippen molar-refractivity contribution in [2.75, 3.05) is 27.8 Å². The third-order valence-electron chi connectivity index (χ3n) is 5.54. The Morgan fingerprint density at radius 2 is 2.21 bits per heavy atom. The molecule has 1 aromatic heterocycles. The molecule has 28 heavy (non-hydrogen) atoms. The summed E-state index contributed by atoms with van der Waals surface area (Å²) < 4.78 is 11.4. The van der Waals surface area contributed by atoms with Crippen molar-refractivity contribution in [3.05, 3.63) is 16.1 Å². The highest BCUT2D eigenvalue weighted by Gasteiger charge is 2.49. The molecule has 162 valence electrons. The Kier molecular flexibility index (Phi) is 10.7. The fourth-order valence-corrected chi connectivity index (χ4v) is 4.13. The van der Waals surface area contributed by atoms with Crippen LogP contribution in [0.5, 0.6) is 0 Å². The quantitative estimate of drug-likeness (QED) is 0.224. The maximum absolute atomic E-state index is 6.06. The topological polar surface area (TPSA) is 59.0 Å². The first kappa shape index (κ1) is 25.6. The lowest BCUT2D eigenvalue weighted by Gasteiger charge is -2.52. The standard InChI is InChI=1S/C20H36N4O2S.HI/c1-8-9-10-26-17-11-16(20(17,3)4)23-19(21-5)24(6)12-15-13-27-18(22-15)14(2)25-7;/h13-14,16-17H,8-12H2,1-7H3,(H,21,23);1H. The summed E-state index contributed by atoms with van der Waals surface area (Å²) in [4.78, 5) is 11.3. The maximum atomic E-state index is 6.06. The van der Waals surface area contributed by atoms with Gasteiger partial charge in [0.1, 0.15) is 11.1 Å². The van der Waals surface area contributed by atoms with Crippen LogP contribution in [0.15, 0.2) is 10.4 Å². The highest BCUT2D eigenvalue weighted by molar-refractivity contribution is 14.0. The fourth-order valence-electron chi connectivity index (χ4n) is 3.29. The third-order valence-corrected chi connectivity index (χ3v) is 6.60. The number of thiazole rings is 1. The molecule has 1 heterocycles. The van der Waals surface area contributed by atoms with Gasteiger partial charge in [-0.05, 0) is 19.8 Å². The largest absolute Gasteiger partial charge is 0.378 e. The smallest absolute Gasteiger partial charge is 0.193 e. The SMILES string of the molecule is CCCCOC1CC(NC(=NC)N(C)Cc2csc(C(C)OC)n2)C1(C)C.I. The lowest BCUT2D eigenvalue weighted by molar-refractivity contribution is -0.114. The highest BCUT2D eigenvalue weighted by Crippen LogP contribution is 2.43. The minimum Gasteiger partial charge on any atom is -0.378 e. The van der Waals surface area contributed by atoms with Crippen LogP contribution in [0.4, 0.5) is 0 Å². The second-order valence-electron chi connectivity index (χ2n) is 7.93. The molecule has 3 unspecified atom stereocenters. The monoisotopic (exact) mass is 524 g/mol. The van der Waals surface area contributed by atoms with Gasteiger partial charge in [0, 0.05) is 44.6 Å². The van der Waals surface area contributed by atoms with E-state index in [9.17, 15) is 0 Å². The summed E-state index contributed by atoms with van der Waals surface area (Å²) in [6, 6.07) is 0.366. The van der Waals surface area contributed by atoms with Crippen LogP contribution in [0, 0.1) is 5.41 Å². The summed E-state index contributed by atoms with van der Waals surface area (Å²) in [5.41, 5.74) is 1.14. The van der Waals surface area contributed by atoms with E-state index >= 15 is 0 Å². The van der Waals surface area contributed by atoms with Gasteiger partial charge < -0.3 is 19.7 Å². The Bertz CT molecular complexity index is 623. The van der Waals surface area contributed by atoms with Gasteiger partial charge in [0.05, 0.1) is 18.3 Å². The summed E-state index contributed by atoms with van der Waals surface area (Å²) in [5.74, 6) is 0.898. The van der Waals surface area contributed by atoms with Crippen molar-refractivity contribution < 1.29 is 9.47 Å². The number of guanidine groups is 1. The van der Waals surface area contributed by atoms with Crippen LogP contribution >= 0.6 is 35.3 Å². The second-order valence-corrected chi connectivity index (χ2v) is 8.81. The molecule has 1 aliphatic carbocycles. The fraction of sp³-hybridized carbons (Fsp3) is 0.800. The van der Waals surface area contributed by atoms with E-state index in [0.717, 1.165) is 42.7 Å². The first-order valence-corrected chi connectivity index (χ1v) is 10.7. The van der Waals surface area contributed by atoms with Crippen molar-refractivity contribution in [1.82, 2.24) is 15.2 Å². The van der Waals surface area contributed by atoms with E-state index in [1.807, 2.05) is 14.0 Å². The highest BCUT2D eigenvalue weighted by atomic mass is 127. The van der Waals surface area contributed by atoms with E-state index in [1.54, 1.807) is 18.4 Å². The van der Waals surface area contributed by atoms with Crippen molar-refractivity contribution in [1.29, 1.82) is 0 Å². The average Bonchev–Trinajstić information content (AvgIpc) is 3.11. The predicted octanol–water partition coefficient (Wildman–Crippen LogP) is 4.46. The van der Waals surface area contributed by atoms with Crippen molar-refractivity contribution in [3.8, 4) is 0 Å². The molecule has 1 aliphatic rings. The first-order valence-electron chi connectivity index (χ1n) is 9.86. The molecule has 8 heteroatoms. The molecule has 1 saturated carbocycles. The van der Waals surface area contributed by atoms with Crippen LogP contribution in [0.25, 0.3) is 0 Å². The molecule has 3 atom stereocenters. The van der Waals surface area contributed by atoms with Gasteiger partial charge in [-0.25, -0.2) is 4.98 Å². The Morgan fingerprint density at radius 1 is 1.50 bits per heavy atom. The summed E-state index contributed by atoms with van der Waals surface area (Å²) >= 11 is 1.64. The number of hydrogen-bond donors (Lipinski definition) is 1. The zero-order chi connectivity index (χ0) is 20.0. The Hall–Kier alpha value is -0.450. The lowest BCUT2D eigenvalue weighted by atomic mass is 9.64. The molecule has 0 saturated heterocycles. The molecule has 1 N–H and O–H groups in total. The van der Waals surface area contributed by atoms with Crippen LogP contribution in [-0.2, 0) is 16.0 Å². The normalized spacial score (nSPS) is 22.2. The summed E-state index contributed by atoms with van der Waals surface area (Å²) in [7, 11) is 5.59. The Morgan fingerprint density at radius 3 is 2.79 bits per heavy atom. The summed E-state index contributed by atoms with van der Waals surface area (Å²) in [5, 5.41) is 6.73. The van der Waals surface area contributed by atoms with Crippen molar-refractivity contribution in [2.24, 2.45) is 10.4 Å². The summed E-state index contributed by atoms with van der Waals surface area (Å²) in [6.07, 6.45) is 3.68. The lowest BCUT2D eigenvalue weighted by Crippen LogP contribution is -2.63. The number of aliphatic imine (C=N–C) groups is 1. The zero-order valence-corrected chi connectivity index (χ0v) is 21.5. The van der Waals surface area contributed by atoms with Gasteiger partial charge in [0.15, 0.2) is 5.96 Å². The molecule has 0 aliphatic heterocycles. The maximum Gasteiger partial charge on any atom is 0.193 e. The molecule has 1 fully saturated rings. The number of hydrogen-bond acceptors (Lipinski definition) is 5. The number of methoxy groups -OCH3 is 1. The van der Waals surface area contributed by atoms with E-state index in [-0.39, 0.29) is 35.5 Å². The molecule has 0 spiro atoms.